The Hall–Kier alpha value is -1.02. The van der Waals surface area contributed by atoms with Crippen LogP contribution in [-0.4, -0.2) is 6.54 Å². The van der Waals surface area contributed by atoms with Crippen LogP contribution < -0.4 is 5.32 Å². The minimum atomic E-state index is 0.244. The van der Waals surface area contributed by atoms with Gasteiger partial charge in [0.25, 0.3) is 0 Å². The van der Waals surface area contributed by atoms with Crippen molar-refractivity contribution in [2.75, 3.05) is 6.54 Å². The summed E-state index contributed by atoms with van der Waals surface area (Å²) in [5, 5.41) is 5.14. The van der Waals surface area contributed by atoms with Gasteiger partial charge in [0, 0.05) is 16.1 Å². The van der Waals surface area contributed by atoms with Gasteiger partial charge >= 0.3 is 0 Å². The highest BCUT2D eigenvalue weighted by atomic mass is 35.5. The van der Waals surface area contributed by atoms with Crippen LogP contribution >= 0.6 is 23.2 Å². The van der Waals surface area contributed by atoms with E-state index in [-0.39, 0.29) is 6.04 Å². The zero-order chi connectivity index (χ0) is 14.8. The fraction of sp³-hybridized carbons (Fsp3) is 0.333. The largest absolute Gasteiger partial charge is 0.310 e. The molecule has 0 heterocycles. The third-order valence-electron chi connectivity index (χ3n) is 4.27. The maximum atomic E-state index is 6.42. The number of hydrogen-bond acceptors (Lipinski definition) is 1. The van der Waals surface area contributed by atoms with Crippen LogP contribution in [0.5, 0.6) is 0 Å². The Bertz CT molecular complexity index is 614. The van der Waals surface area contributed by atoms with E-state index in [1.807, 2.05) is 18.2 Å². The number of fused-ring (bicyclic) bond motifs is 1. The van der Waals surface area contributed by atoms with Crippen molar-refractivity contribution in [1.29, 1.82) is 0 Å². The van der Waals surface area contributed by atoms with Gasteiger partial charge in [0.05, 0.1) is 0 Å². The predicted molar refractivity (Wildman–Crippen MR) is 90.2 cm³/mol. The quantitative estimate of drug-likeness (QED) is 0.830. The van der Waals surface area contributed by atoms with Crippen molar-refractivity contribution in [1.82, 2.24) is 5.32 Å². The number of halogens is 2. The number of nitrogens with one attached hydrogen (secondary N) is 1. The average molecular weight is 320 g/mol. The first-order valence-corrected chi connectivity index (χ1v) is 8.19. The van der Waals surface area contributed by atoms with Crippen molar-refractivity contribution < 1.29 is 0 Å². The van der Waals surface area contributed by atoms with Gasteiger partial charge in [-0.15, -0.1) is 0 Å². The molecule has 2 aromatic carbocycles. The maximum absolute atomic E-state index is 6.42. The molecule has 0 aromatic heterocycles. The van der Waals surface area contributed by atoms with Crippen LogP contribution in [0.4, 0.5) is 0 Å². The topological polar surface area (TPSA) is 12.0 Å². The van der Waals surface area contributed by atoms with Gasteiger partial charge < -0.3 is 5.32 Å². The van der Waals surface area contributed by atoms with E-state index in [0.717, 1.165) is 35.0 Å². The SMILES string of the molecule is CCNC(c1cc(Cl)ccc1Cl)C1Cc2ccccc2C1. The third kappa shape index (κ3) is 3.11. The highest BCUT2D eigenvalue weighted by Crippen LogP contribution is 2.38. The van der Waals surface area contributed by atoms with Crippen LogP contribution in [0.2, 0.25) is 10.0 Å². The third-order valence-corrected chi connectivity index (χ3v) is 4.85. The monoisotopic (exact) mass is 319 g/mol. The molecule has 2 aromatic rings. The summed E-state index contributed by atoms with van der Waals surface area (Å²) in [5.74, 6) is 0.526. The lowest BCUT2D eigenvalue weighted by Crippen LogP contribution is -2.29. The molecule has 1 nitrogen and oxygen atoms in total. The Labute approximate surface area is 136 Å². The summed E-state index contributed by atoms with van der Waals surface area (Å²) in [6, 6.07) is 14.7. The molecule has 0 amide bonds. The minimum absolute atomic E-state index is 0.244. The highest BCUT2D eigenvalue weighted by molar-refractivity contribution is 6.33. The van der Waals surface area contributed by atoms with Crippen molar-refractivity contribution in [3.63, 3.8) is 0 Å². The van der Waals surface area contributed by atoms with E-state index in [4.69, 9.17) is 23.2 Å². The molecule has 1 unspecified atom stereocenters. The summed E-state index contributed by atoms with van der Waals surface area (Å²) >= 11 is 12.6. The smallest absolute Gasteiger partial charge is 0.0454 e. The molecule has 110 valence electrons. The van der Waals surface area contributed by atoms with Crippen LogP contribution in [0.1, 0.15) is 29.7 Å². The van der Waals surface area contributed by atoms with E-state index in [0.29, 0.717) is 5.92 Å². The summed E-state index contributed by atoms with van der Waals surface area (Å²) in [6.45, 7) is 3.05. The van der Waals surface area contributed by atoms with Gasteiger partial charge in [-0.05, 0) is 60.2 Å². The van der Waals surface area contributed by atoms with Gasteiger partial charge in [-0.25, -0.2) is 0 Å². The van der Waals surface area contributed by atoms with Crippen molar-refractivity contribution >= 4 is 23.2 Å². The minimum Gasteiger partial charge on any atom is -0.310 e. The molecule has 1 atom stereocenters. The van der Waals surface area contributed by atoms with E-state index >= 15 is 0 Å². The maximum Gasteiger partial charge on any atom is 0.0454 e. The van der Waals surface area contributed by atoms with Crippen LogP contribution in [0.25, 0.3) is 0 Å². The molecule has 0 saturated carbocycles. The molecule has 0 spiro atoms. The Balaban J connectivity index is 1.91. The predicted octanol–water partition coefficient (Wildman–Crippen LogP) is 5.06. The second kappa shape index (κ2) is 6.39. The lowest BCUT2D eigenvalue weighted by atomic mass is 9.90. The zero-order valence-corrected chi connectivity index (χ0v) is 13.6. The number of benzene rings is 2. The Kier molecular flexibility index (Phi) is 4.54. The molecule has 3 heteroatoms. The molecular formula is C18H19Cl2N. The average Bonchev–Trinajstić information content (AvgIpc) is 2.91. The normalized spacial score (nSPS) is 16.0. The zero-order valence-electron chi connectivity index (χ0n) is 12.1. The first-order chi connectivity index (χ1) is 10.2. The van der Waals surface area contributed by atoms with E-state index < -0.39 is 0 Å². The summed E-state index contributed by atoms with van der Waals surface area (Å²) in [4.78, 5) is 0. The van der Waals surface area contributed by atoms with Crippen molar-refractivity contribution in [2.45, 2.75) is 25.8 Å². The number of hydrogen-bond donors (Lipinski definition) is 1. The van der Waals surface area contributed by atoms with E-state index in [1.54, 1.807) is 0 Å². The molecule has 3 rings (SSSR count). The molecule has 21 heavy (non-hydrogen) atoms. The molecule has 0 bridgehead atoms. The molecule has 0 aliphatic heterocycles. The lowest BCUT2D eigenvalue weighted by Gasteiger charge is -2.26. The Morgan fingerprint density at radius 2 is 1.76 bits per heavy atom. The van der Waals surface area contributed by atoms with Gasteiger partial charge in [-0.1, -0.05) is 54.4 Å². The standard InChI is InChI=1S/C18H19Cl2N/c1-2-21-18(16-11-15(19)7-8-17(16)20)14-9-12-5-3-4-6-13(12)10-14/h3-8,11,14,18,21H,2,9-10H2,1H3. The van der Waals surface area contributed by atoms with Gasteiger partial charge in [0.15, 0.2) is 0 Å². The number of rotatable bonds is 4. The van der Waals surface area contributed by atoms with E-state index in [2.05, 4.69) is 36.5 Å². The van der Waals surface area contributed by atoms with Gasteiger partial charge in [-0.3, -0.25) is 0 Å². The molecule has 1 aliphatic carbocycles. The molecule has 0 radical (unpaired) electrons. The second-order valence-corrected chi connectivity index (χ2v) is 6.48. The van der Waals surface area contributed by atoms with Crippen LogP contribution in [0.3, 0.4) is 0 Å². The molecule has 0 fully saturated rings. The lowest BCUT2D eigenvalue weighted by molar-refractivity contribution is 0.381. The van der Waals surface area contributed by atoms with Crippen LogP contribution in [-0.2, 0) is 12.8 Å². The Morgan fingerprint density at radius 3 is 2.38 bits per heavy atom. The first-order valence-electron chi connectivity index (χ1n) is 7.44. The van der Waals surface area contributed by atoms with Gasteiger partial charge in [0.2, 0.25) is 0 Å². The Morgan fingerprint density at radius 1 is 1.10 bits per heavy atom. The van der Waals surface area contributed by atoms with Crippen molar-refractivity contribution in [3.05, 3.63) is 69.2 Å². The first kappa shape index (κ1) is 14.9. The molecule has 1 aliphatic rings. The fourth-order valence-corrected chi connectivity index (χ4v) is 3.75. The van der Waals surface area contributed by atoms with E-state index in [1.165, 1.54) is 11.1 Å². The van der Waals surface area contributed by atoms with Crippen LogP contribution in [0, 0.1) is 5.92 Å². The molecule has 1 N–H and O–H groups in total. The molecule has 0 saturated heterocycles. The van der Waals surface area contributed by atoms with Crippen LogP contribution in [0.15, 0.2) is 42.5 Å². The summed E-state index contributed by atoms with van der Waals surface area (Å²) < 4.78 is 0. The summed E-state index contributed by atoms with van der Waals surface area (Å²) in [6.07, 6.45) is 2.19. The van der Waals surface area contributed by atoms with Gasteiger partial charge in [-0.2, -0.15) is 0 Å². The second-order valence-electron chi connectivity index (χ2n) is 5.64. The van der Waals surface area contributed by atoms with Gasteiger partial charge in [0.1, 0.15) is 0 Å². The van der Waals surface area contributed by atoms with Crippen molar-refractivity contribution in [3.8, 4) is 0 Å². The van der Waals surface area contributed by atoms with Crippen molar-refractivity contribution in [2.24, 2.45) is 5.92 Å². The summed E-state index contributed by atoms with van der Waals surface area (Å²) in [5.41, 5.74) is 4.04. The molecular weight excluding hydrogens is 301 g/mol. The van der Waals surface area contributed by atoms with E-state index in [9.17, 15) is 0 Å². The fourth-order valence-electron chi connectivity index (χ4n) is 3.33. The highest BCUT2D eigenvalue weighted by Gasteiger charge is 2.30. The summed E-state index contributed by atoms with van der Waals surface area (Å²) in [7, 11) is 0.